The summed E-state index contributed by atoms with van der Waals surface area (Å²) in [6.45, 7) is 0. The molecule has 2 aliphatic rings. The van der Waals surface area contributed by atoms with Crippen LogP contribution in [-0.4, -0.2) is 36.7 Å². The first kappa shape index (κ1) is 16.6. The maximum absolute atomic E-state index is 12.9. The number of urea groups is 1. The molecule has 1 N–H and O–H groups in total. The van der Waals surface area contributed by atoms with E-state index in [1.54, 1.807) is 24.3 Å². The molecule has 0 spiro atoms. The van der Waals surface area contributed by atoms with Gasteiger partial charge in [-0.3, -0.25) is 5.32 Å². The summed E-state index contributed by atoms with van der Waals surface area (Å²) >= 11 is 1.49. The van der Waals surface area contributed by atoms with Gasteiger partial charge in [0.2, 0.25) is 0 Å². The first-order valence-corrected chi connectivity index (χ1v) is 10.9. The fourth-order valence-corrected chi connectivity index (χ4v) is 6.51. The molecule has 2 saturated heterocycles. The molecule has 2 amide bonds. The quantitative estimate of drug-likeness (QED) is 0.887. The number of anilines is 1. The molecular formula is C18H20N2O3S2. The first-order chi connectivity index (χ1) is 12.1. The van der Waals surface area contributed by atoms with E-state index in [2.05, 4.69) is 5.32 Å². The zero-order chi connectivity index (χ0) is 17.4. The van der Waals surface area contributed by atoms with Crippen LogP contribution in [0.15, 0.2) is 52.7 Å². The molecule has 4 rings (SSSR count). The molecule has 0 saturated carbocycles. The second-order valence-electron chi connectivity index (χ2n) is 6.65. The van der Waals surface area contributed by atoms with Crippen LogP contribution >= 0.6 is 11.3 Å². The SMILES string of the molecule is O=C(Nc1cccs1)N1C2CCC1CC(S(=O)(=O)c1ccccc1)C2. The van der Waals surface area contributed by atoms with Gasteiger partial charge in [-0.25, -0.2) is 13.2 Å². The van der Waals surface area contributed by atoms with Crippen LogP contribution in [0.4, 0.5) is 9.80 Å². The Morgan fingerprint density at radius 3 is 2.32 bits per heavy atom. The molecular weight excluding hydrogens is 356 g/mol. The summed E-state index contributed by atoms with van der Waals surface area (Å²) in [5.74, 6) is 0. The van der Waals surface area contributed by atoms with Gasteiger partial charge in [0.25, 0.3) is 0 Å². The van der Waals surface area contributed by atoms with Crippen LogP contribution in [0.1, 0.15) is 25.7 Å². The van der Waals surface area contributed by atoms with Crippen LogP contribution in [0.3, 0.4) is 0 Å². The Bertz CT molecular complexity index is 836. The van der Waals surface area contributed by atoms with Gasteiger partial charge in [0, 0.05) is 12.1 Å². The van der Waals surface area contributed by atoms with Crippen LogP contribution in [-0.2, 0) is 9.84 Å². The number of nitrogens with one attached hydrogen (secondary N) is 1. The van der Waals surface area contributed by atoms with Crippen molar-refractivity contribution in [1.29, 1.82) is 0 Å². The third-order valence-electron chi connectivity index (χ3n) is 5.19. The largest absolute Gasteiger partial charge is 0.322 e. The molecule has 132 valence electrons. The van der Waals surface area contributed by atoms with Crippen LogP contribution in [0, 0.1) is 0 Å². The number of carbonyl (C=O) groups excluding carboxylic acids is 1. The molecule has 2 aromatic rings. The second kappa shape index (κ2) is 6.46. The van der Waals surface area contributed by atoms with Crippen LogP contribution < -0.4 is 5.32 Å². The highest BCUT2D eigenvalue weighted by Gasteiger charge is 2.47. The summed E-state index contributed by atoms with van der Waals surface area (Å²) in [6, 6.07) is 12.3. The monoisotopic (exact) mass is 376 g/mol. The van der Waals surface area contributed by atoms with Crippen molar-refractivity contribution < 1.29 is 13.2 Å². The van der Waals surface area contributed by atoms with Gasteiger partial charge in [-0.1, -0.05) is 18.2 Å². The highest BCUT2D eigenvalue weighted by Crippen LogP contribution is 2.40. The highest BCUT2D eigenvalue weighted by molar-refractivity contribution is 7.92. The Hall–Kier alpha value is -1.86. The minimum Gasteiger partial charge on any atom is -0.318 e. The number of rotatable bonds is 3. The molecule has 2 fully saturated rings. The number of nitrogens with zero attached hydrogens (tertiary/aromatic N) is 1. The van der Waals surface area contributed by atoms with E-state index in [0.29, 0.717) is 17.7 Å². The van der Waals surface area contributed by atoms with E-state index in [1.165, 1.54) is 11.3 Å². The van der Waals surface area contributed by atoms with E-state index in [1.807, 2.05) is 28.5 Å². The fraction of sp³-hybridized carbons (Fsp3) is 0.389. The minimum absolute atomic E-state index is 0.00204. The van der Waals surface area contributed by atoms with Gasteiger partial charge in [-0.2, -0.15) is 0 Å². The molecule has 3 heterocycles. The number of sulfone groups is 1. The van der Waals surface area contributed by atoms with Gasteiger partial charge in [0.05, 0.1) is 15.1 Å². The van der Waals surface area contributed by atoms with E-state index in [0.717, 1.165) is 17.8 Å². The number of hydrogen-bond acceptors (Lipinski definition) is 4. The van der Waals surface area contributed by atoms with Crippen molar-refractivity contribution in [1.82, 2.24) is 4.90 Å². The van der Waals surface area contributed by atoms with Crippen LogP contribution in [0.25, 0.3) is 0 Å². The van der Waals surface area contributed by atoms with Crippen molar-refractivity contribution in [2.45, 2.75) is 47.9 Å². The number of fused-ring (bicyclic) bond motifs is 2. The summed E-state index contributed by atoms with van der Waals surface area (Å²) in [6.07, 6.45) is 2.80. The molecule has 1 aromatic heterocycles. The molecule has 1 aromatic carbocycles. The standard InChI is InChI=1S/C18H20N2O3S2/c21-18(19-17-7-4-10-24-17)20-13-8-9-14(20)12-16(11-13)25(22,23)15-5-2-1-3-6-15/h1-7,10,13-14,16H,8-9,11-12H2,(H,19,21). The van der Waals surface area contributed by atoms with Crippen molar-refractivity contribution in [3.63, 3.8) is 0 Å². The van der Waals surface area contributed by atoms with E-state index >= 15 is 0 Å². The molecule has 0 aliphatic carbocycles. The Kier molecular flexibility index (Phi) is 4.29. The van der Waals surface area contributed by atoms with Crippen molar-refractivity contribution in [2.24, 2.45) is 0 Å². The number of hydrogen-bond donors (Lipinski definition) is 1. The smallest absolute Gasteiger partial charge is 0.318 e. The average molecular weight is 377 g/mol. The lowest BCUT2D eigenvalue weighted by Crippen LogP contribution is -2.51. The third-order valence-corrected chi connectivity index (χ3v) is 8.16. The number of thiophene rings is 1. The minimum atomic E-state index is -3.34. The summed E-state index contributed by atoms with van der Waals surface area (Å²) in [4.78, 5) is 14.9. The fourth-order valence-electron chi connectivity index (χ4n) is 4.03. The van der Waals surface area contributed by atoms with Crippen molar-refractivity contribution in [3.8, 4) is 0 Å². The van der Waals surface area contributed by atoms with Gasteiger partial charge in [0.15, 0.2) is 9.84 Å². The number of carbonyl (C=O) groups is 1. The third kappa shape index (κ3) is 3.06. The first-order valence-electron chi connectivity index (χ1n) is 8.47. The zero-order valence-electron chi connectivity index (χ0n) is 13.7. The molecule has 5 nitrogen and oxygen atoms in total. The Labute approximate surface area is 151 Å². The maximum Gasteiger partial charge on any atom is 0.322 e. The van der Waals surface area contributed by atoms with E-state index in [4.69, 9.17) is 0 Å². The van der Waals surface area contributed by atoms with Crippen molar-refractivity contribution in [3.05, 3.63) is 47.8 Å². The number of amides is 2. The molecule has 2 atom stereocenters. The van der Waals surface area contributed by atoms with Gasteiger partial charge in [-0.15, -0.1) is 11.3 Å². The van der Waals surface area contributed by atoms with E-state index in [-0.39, 0.29) is 18.1 Å². The van der Waals surface area contributed by atoms with Gasteiger partial charge in [0.1, 0.15) is 0 Å². The van der Waals surface area contributed by atoms with Gasteiger partial charge < -0.3 is 4.90 Å². The highest BCUT2D eigenvalue weighted by atomic mass is 32.2. The lowest BCUT2D eigenvalue weighted by molar-refractivity contribution is 0.160. The topological polar surface area (TPSA) is 66.5 Å². The van der Waals surface area contributed by atoms with E-state index < -0.39 is 15.1 Å². The summed E-state index contributed by atoms with van der Waals surface area (Å²) in [5, 5.41) is 5.27. The molecule has 0 radical (unpaired) electrons. The zero-order valence-corrected chi connectivity index (χ0v) is 15.3. The normalized spacial score (nSPS) is 25.8. The Balaban J connectivity index is 1.51. The molecule has 7 heteroatoms. The summed E-state index contributed by atoms with van der Waals surface area (Å²) < 4.78 is 25.8. The summed E-state index contributed by atoms with van der Waals surface area (Å²) in [7, 11) is -3.34. The second-order valence-corrected chi connectivity index (χ2v) is 9.83. The lowest BCUT2D eigenvalue weighted by atomic mass is 10.0. The van der Waals surface area contributed by atoms with Crippen molar-refractivity contribution in [2.75, 3.05) is 5.32 Å². The van der Waals surface area contributed by atoms with Crippen molar-refractivity contribution >= 4 is 32.2 Å². The average Bonchev–Trinajstić information content (AvgIpc) is 3.21. The van der Waals surface area contributed by atoms with Gasteiger partial charge >= 0.3 is 6.03 Å². The number of benzene rings is 1. The van der Waals surface area contributed by atoms with E-state index in [9.17, 15) is 13.2 Å². The predicted molar refractivity (Wildman–Crippen MR) is 98.6 cm³/mol. The number of piperidine rings is 1. The van der Waals surface area contributed by atoms with Crippen LogP contribution in [0.2, 0.25) is 0 Å². The van der Waals surface area contributed by atoms with Gasteiger partial charge in [-0.05, 0) is 55.3 Å². The molecule has 2 aliphatic heterocycles. The predicted octanol–water partition coefficient (Wildman–Crippen LogP) is 3.75. The molecule has 25 heavy (non-hydrogen) atoms. The maximum atomic E-state index is 12.9. The molecule has 2 unspecified atom stereocenters. The summed E-state index contributed by atoms with van der Waals surface area (Å²) in [5.41, 5.74) is 0. The Morgan fingerprint density at radius 1 is 1.04 bits per heavy atom. The molecule has 2 bridgehead atoms. The van der Waals surface area contributed by atoms with Crippen LogP contribution in [0.5, 0.6) is 0 Å². The Morgan fingerprint density at radius 2 is 1.72 bits per heavy atom. The lowest BCUT2D eigenvalue weighted by Gasteiger charge is -2.38.